The third kappa shape index (κ3) is 6.78. The van der Waals surface area contributed by atoms with Gasteiger partial charge in [-0.2, -0.15) is 0 Å². The van der Waals surface area contributed by atoms with Crippen molar-refractivity contribution in [1.29, 1.82) is 0 Å². The average molecular weight is 331 g/mol. The number of carboxylic acid groups (broad SMARTS) is 1. The van der Waals surface area contributed by atoms with Gasteiger partial charge >= 0.3 is 12.1 Å². The Kier molecular flexibility index (Phi) is 9.98. The van der Waals surface area contributed by atoms with Crippen LogP contribution in [0.5, 0.6) is 0 Å². The van der Waals surface area contributed by atoms with Crippen molar-refractivity contribution in [3.05, 3.63) is 35.9 Å². The van der Waals surface area contributed by atoms with Gasteiger partial charge < -0.3 is 15.6 Å². The van der Waals surface area contributed by atoms with Crippen LogP contribution in [0.15, 0.2) is 30.3 Å². The van der Waals surface area contributed by atoms with Crippen molar-refractivity contribution in [1.82, 2.24) is 4.90 Å². The van der Waals surface area contributed by atoms with Crippen LogP contribution in [0.2, 0.25) is 0 Å². The molecule has 0 heterocycles. The van der Waals surface area contributed by atoms with Crippen molar-refractivity contribution in [2.75, 3.05) is 13.6 Å². The molecular formula is C15H23ClN2O4. The van der Waals surface area contributed by atoms with Gasteiger partial charge in [0.2, 0.25) is 0 Å². The maximum Gasteiger partial charge on any atom is 0.410 e. The maximum absolute atomic E-state index is 11.9. The number of nitrogens with zero attached hydrogens (tertiary/aromatic N) is 1. The average Bonchev–Trinajstić information content (AvgIpc) is 2.49. The molecule has 0 aliphatic rings. The molecule has 0 aliphatic heterocycles. The van der Waals surface area contributed by atoms with Gasteiger partial charge in [0, 0.05) is 7.05 Å². The molecule has 0 aliphatic carbocycles. The van der Waals surface area contributed by atoms with Crippen molar-refractivity contribution in [3.63, 3.8) is 0 Å². The highest BCUT2D eigenvalue weighted by Gasteiger charge is 2.26. The van der Waals surface area contributed by atoms with E-state index in [0.717, 1.165) is 16.9 Å². The minimum atomic E-state index is -1.04. The number of ether oxygens (including phenoxy) is 1. The summed E-state index contributed by atoms with van der Waals surface area (Å²) in [7, 11) is 1.44. The lowest BCUT2D eigenvalue weighted by Crippen LogP contribution is -2.42. The SMILES string of the molecule is CN(C(=O)OCc1ccccc1)[C@@H](CCCCN)C(=O)O.Cl. The number of aliphatic carboxylic acids is 1. The molecule has 0 bridgehead atoms. The molecule has 1 aromatic carbocycles. The van der Waals surface area contributed by atoms with Gasteiger partial charge in [-0.05, 0) is 31.4 Å². The minimum Gasteiger partial charge on any atom is -0.480 e. The molecule has 0 unspecified atom stereocenters. The summed E-state index contributed by atoms with van der Waals surface area (Å²) in [5, 5.41) is 9.20. The Hall–Kier alpha value is -1.79. The summed E-state index contributed by atoms with van der Waals surface area (Å²) in [5.74, 6) is -1.04. The van der Waals surface area contributed by atoms with E-state index in [4.69, 9.17) is 10.5 Å². The van der Waals surface area contributed by atoms with E-state index in [1.165, 1.54) is 7.05 Å². The number of likely N-dealkylation sites (N-methyl/N-ethyl adjacent to an activating group) is 1. The van der Waals surface area contributed by atoms with Crippen molar-refractivity contribution in [2.45, 2.75) is 31.9 Å². The summed E-state index contributed by atoms with van der Waals surface area (Å²) in [5.41, 5.74) is 6.24. The second kappa shape index (κ2) is 10.9. The van der Waals surface area contributed by atoms with E-state index < -0.39 is 18.1 Å². The molecule has 6 nitrogen and oxygen atoms in total. The molecule has 0 aromatic heterocycles. The largest absolute Gasteiger partial charge is 0.480 e. The Morgan fingerprint density at radius 1 is 1.27 bits per heavy atom. The highest BCUT2D eigenvalue weighted by atomic mass is 35.5. The molecular weight excluding hydrogens is 308 g/mol. The van der Waals surface area contributed by atoms with Crippen LogP contribution in [0, 0.1) is 0 Å². The van der Waals surface area contributed by atoms with Crippen LogP contribution in [-0.2, 0) is 16.1 Å². The Balaban J connectivity index is 0.00000441. The number of hydrogen-bond donors (Lipinski definition) is 2. The Morgan fingerprint density at radius 3 is 2.45 bits per heavy atom. The number of rotatable bonds is 8. The topological polar surface area (TPSA) is 92.9 Å². The van der Waals surface area contributed by atoms with E-state index in [1.807, 2.05) is 30.3 Å². The van der Waals surface area contributed by atoms with Crippen molar-refractivity contribution < 1.29 is 19.4 Å². The monoisotopic (exact) mass is 330 g/mol. The van der Waals surface area contributed by atoms with Crippen LogP contribution in [0.4, 0.5) is 4.79 Å². The van der Waals surface area contributed by atoms with Crippen molar-refractivity contribution in [3.8, 4) is 0 Å². The summed E-state index contributed by atoms with van der Waals surface area (Å²) in [6.45, 7) is 0.633. The molecule has 0 saturated heterocycles. The number of halogens is 1. The molecule has 3 N–H and O–H groups in total. The van der Waals surface area contributed by atoms with Crippen LogP contribution in [0.25, 0.3) is 0 Å². The fraction of sp³-hybridized carbons (Fsp3) is 0.467. The van der Waals surface area contributed by atoms with Crippen LogP contribution < -0.4 is 5.73 Å². The first-order valence-electron chi connectivity index (χ1n) is 6.92. The second-order valence-electron chi connectivity index (χ2n) is 4.79. The number of unbranched alkanes of at least 4 members (excludes halogenated alkanes) is 1. The fourth-order valence-corrected chi connectivity index (χ4v) is 1.91. The number of benzene rings is 1. The predicted octanol–water partition coefficient (Wildman–Crippen LogP) is 2.26. The van der Waals surface area contributed by atoms with Gasteiger partial charge in [0.15, 0.2) is 0 Å². The lowest BCUT2D eigenvalue weighted by atomic mass is 10.1. The Morgan fingerprint density at radius 2 is 1.91 bits per heavy atom. The van der Waals surface area contributed by atoms with Crippen LogP contribution in [0.1, 0.15) is 24.8 Å². The number of carbonyl (C=O) groups excluding carboxylic acids is 1. The smallest absolute Gasteiger partial charge is 0.410 e. The van der Waals surface area contributed by atoms with E-state index >= 15 is 0 Å². The van der Waals surface area contributed by atoms with E-state index in [0.29, 0.717) is 19.4 Å². The highest BCUT2D eigenvalue weighted by molar-refractivity contribution is 5.85. The van der Waals surface area contributed by atoms with E-state index in [-0.39, 0.29) is 19.0 Å². The zero-order valence-electron chi connectivity index (χ0n) is 12.6. The number of amides is 1. The Labute approximate surface area is 136 Å². The minimum absolute atomic E-state index is 0. The molecule has 0 spiro atoms. The third-order valence-electron chi connectivity index (χ3n) is 3.18. The molecule has 0 radical (unpaired) electrons. The highest BCUT2D eigenvalue weighted by Crippen LogP contribution is 2.10. The summed E-state index contributed by atoms with van der Waals surface area (Å²) < 4.78 is 5.13. The molecule has 1 aromatic rings. The van der Waals surface area contributed by atoms with Gasteiger partial charge in [-0.3, -0.25) is 4.90 Å². The van der Waals surface area contributed by atoms with Gasteiger partial charge in [-0.15, -0.1) is 12.4 Å². The van der Waals surface area contributed by atoms with E-state index in [1.54, 1.807) is 0 Å². The fourth-order valence-electron chi connectivity index (χ4n) is 1.91. The quantitative estimate of drug-likeness (QED) is 0.713. The van der Waals surface area contributed by atoms with Crippen LogP contribution in [-0.4, -0.2) is 41.7 Å². The molecule has 7 heteroatoms. The van der Waals surface area contributed by atoms with Gasteiger partial charge in [0.05, 0.1) is 0 Å². The molecule has 124 valence electrons. The van der Waals surface area contributed by atoms with Crippen molar-refractivity contribution >= 4 is 24.5 Å². The molecule has 1 rings (SSSR count). The molecule has 0 fully saturated rings. The van der Waals surface area contributed by atoms with Crippen LogP contribution in [0.3, 0.4) is 0 Å². The van der Waals surface area contributed by atoms with Crippen LogP contribution >= 0.6 is 12.4 Å². The van der Waals surface area contributed by atoms with Gasteiger partial charge in [0.1, 0.15) is 12.6 Å². The van der Waals surface area contributed by atoms with E-state index in [9.17, 15) is 14.7 Å². The first-order valence-corrected chi connectivity index (χ1v) is 6.92. The van der Waals surface area contributed by atoms with Crippen molar-refractivity contribution in [2.24, 2.45) is 5.73 Å². The lowest BCUT2D eigenvalue weighted by molar-refractivity contribution is -0.142. The Bertz CT molecular complexity index is 456. The standard InChI is InChI=1S/C15H22N2O4.ClH/c1-17(13(14(18)19)9-5-6-10-16)15(20)21-11-12-7-3-2-4-8-12;/h2-4,7-8,13H,5-6,9-11,16H2,1H3,(H,18,19);1H/t13-;/m0./s1. The molecule has 1 amide bonds. The molecule has 22 heavy (non-hydrogen) atoms. The number of nitrogens with two attached hydrogens (primary N) is 1. The summed E-state index contributed by atoms with van der Waals surface area (Å²) >= 11 is 0. The molecule has 0 saturated carbocycles. The zero-order chi connectivity index (χ0) is 15.7. The van der Waals surface area contributed by atoms with E-state index in [2.05, 4.69) is 0 Å². The normalized spacial score (nSPS) is 11.2. The first kappa shape index (κ1) is 20.2. The summed E-state index contributed by atoms with van der Waals surface area (Å²) in [4.78, 5) is 24.3. The molecule has 1 atom stereocenters. The number of hydrogen-bond acceptors (Lipinski definition) is 4. The number of carbonyl (C=O) groups is 2. The number of carboxylic acids is 1. The second-order valence-corrected chi connectivity index (χ2v) is 4.79. The first-order chi connectivity index (χ1) is 10.1. The zero-order valence-corrected chi connectivity index (χ0v) is 13.4. The maximum atomic E-state index is 11.9. The van der Waals surface area contributed by atoms with Gasteiger partial charge in [-0.1, -0.05) is 30.3 Å². The predicted molar refractivity (Wildman–Crippen MR) is 86.0 cm³/mol. The van der Waals surface area contributed by atoms with Gasteiger partial charge in [0.25, 0.3) is 0 Å². The van der Waals surface area contributed by atoms with Gasteiger partial charge in [-0.25, -0.2) is 9.59 Å². The third-order valence-corrected chi connectivity index (χ3v) is 3.18. The summed E-state index contributed by atoms with van der Waals surface area (Å²) in [6, 6.07) is 8.35. The lowest BCUT2D eigenvalue weighted by Gasteiger charge is -2.24. The summed E-state index contributed by atoms with van der Waals surface area (Å²) in [6.07, 6.45) is 1.11.